The molecular weight excluding hydrogens is 257 g/mol. The summed E-state index contributed by atoms with van der Waals surface area (Å²) >= 11 is 0. The number of hydrogen-bond donors (Lipinski definition) is 1. The van der Waals surface area contributed by atoms with Gasteiger partial charge in [-0.2, -0.15) is 13.2 Å². The van der Waals surface area contributed by atoms with Crippen LogP contribution in [0, 0.1) is 0 Å². The zero-order chi connectivity index (χ0) is 14.0. The lowest BCUT2D eigenvalue weighted by Crippen LogP contribution is -2.04. The molecule has 19 heavy (non-hydrogen) atoms. The lowest BCUT2D eigenvalue weighted by molar-refractivity contribution is -0.137. The highest BCUT2D eigenvalue weighted by atomic mass is 19.4. The summed E-state index contributed by atoms with van der Waals surface area (Å²) in [6.07, 6.45) is -4.45. The first-order chi connectivity index (χ1) is 8.93. The first kappa shape index (κ1) is 13.3. The normalized spacial score (nSPS) is 11.4. The largest absolute Gasteiger partial charge is 0.507 e. The molecule has 0 aliphatic rings. The van der Waals surface area contributed by atoms with Crippen LogP contribution < -0.4 is 4.74 Å². The number of phenols is 1. The molecule has 0 radical (unpaired) electrons. The first-order valence-electron chi connectivity index (χ1n) is 5.47. The van der Waals surface area contributed by atoms with Crippen molar-refractivity contribution in [2.24, 2.45) is 0 Å². The SMILES string of the molecule is COc1ccccc1-c1cc(C(F)(F)F)ccc1O. The average Bonchev–Trinajstić information content (AvgIpc) is 2.38. The van der Waals surface area contributed by atoms with Crippen molar-refractivity contribution in [2.45, 2.75) is 6.18 Å². The van der Waals surface area contributed by atoms with Gasteiger partial charge in [-0.1, -0.05) is 18.2 Å². The van der Waals surface area contributed by atoms with Crippen LogP contribution in [0.15, 0.2) is 42.5 Å². The standard InChI is InChI=1S/C14H11F3O2/c1-19-13-5-3-2-4-10(13)11-8-9(14(15,16)17)6-7-12(11)18/h2-8,18H,1H3. The van der Waals surface area contributed by atoms with E-state index in [1.54, 1.807) is 24.3 Å². The second-order valence-electron chi connectivity index (χ2n) is 3.93. The summed E-state index contributed by atoms with van der Waals surface area (Å²) in [5.74, 6) is 0.176. The Morgan fingerprint density at radius 3 is 2.32 bits per heavy atom. The molecule has 0 unspecified atom stereocenters. The molecule has 0 heterocycles. The lowest BCUT2D eigenvalue weighted by atomic mass is 10.0. The molecule has 0 amide bonds. The molecule has 2 nitrogen and oxygen atoms in total. The Morgan fingerprint density at radius 2 is 1.68 bits per heavy atom. The van der Waals surface area contributed by atoms with Crippen LogP contribution in [0.4, 0.5) is 13.2 Å². The van der Waals surface area contributed by atoms with Crippen LogP contribution in [0.3, 0.4) is 0 Å². The van der Waals surface area contributed by atoms with Crippen molar-refractivity contribution in [1.82, 2.24) is 0 Å². The highest BCUT2D eigenvalue weighted by molar-refractivity contribution is 5.76. The van der Waals surface area contributed by atoms with E-state index in [0.29, 0.717) is 11.3 Å². The van der Waals surface area contributed by atoms with Gasteiger partial charge in [0, 0.05) is 11.1 Å². The predicted molar refractivity (Wildman–Crippen MR) is 65.1 cm³/mol. The predicted octanol–water partition coefficient (Wildman–Crippen LogP) is 4.09. The number of rotatable bonds is 2. The molecule has 2 rings (SSSR count). The van der Waals surface area contributed by atoms with Crippen molar-refractivity contribution in [3.8, 4) is 22.6 Å². The number of para-hydroxylation sites is 1. The zero-order valence-electron chi connectivity index (χ0n) is 10.0. The van der Waals surface area contributed by atoms with Crippen LogP contribution in [-0.4, -0.2) is 12.2 Å². The molecule has 0 atom stereocenters. The number of halogens is 3. The Kier molecular flexibility index (Phi) is 3.38. The van der Waals surface area contributed by atoms with E-state index in [1.165, 1.54) is 7.11 Å². The van der Waals surface area contributed by atoms with Crippen LogP contribution in [0.5, 0.6) is 11.5 Å². The number of alkyl halides is 3. The molecule has 0 spiro atoms. The summed E-state index contributed by atoms with van der Waals surface area (Å²) in [6, 6.07) is 9.36. The van der Waals surface area contributed by atoms with Crippen molar-refractivity contribution < 1.29 is 23.0 Å². The molecule has 0 fully saturated rings. The molecule has 2 aromatic rings. The lowest BCUT2D eigenvalue weighted by Gasteiger charge is -2.13. The third-order valence-corrected chi connectivity index (χ3v) is 2.72. The van der Waals surface area contributed by atoms with Crippen LogP contribution in [-0.2, 0) is 6.18 Å². The van der Waals surface area contributed by atoms with E-state index < -0.39 is 11.7 Å². The Hall–Kier alpha value is -2.17. The first-order valence-corrected chi connectivity index (χ1v) is 5.47. The van der Waals surface area contributed by atoms with Crippen LogP contribution in [0.25, 0.3) is 11.1 Å². The second-order valence-corrected chi connectivity index (χ2v) is 3.93. The summed E-state index contributed by atoms with van der Waals surface area (Å²) < 4.78 is 43.1. The summed E-state index contributed by atoms with van der Waals surface area (Å²) in [7, 11) is 1.42. The van der Waals surface area contributed by atoms with E-state index in [-0.39, 0.29) is 11.3 Å². The van der Waals surface area contributed by atoms with E-state index in [1.807, 2.05) is 0 Å². The summed E-state index contributed by atoms with van der Waals surface area (Å²) in [5.41, 5.74) is -0.313. The maximum absolute atomic E-state index is 12.7. The summed E-state index contributed by atoms with van der Waals surface area (Å²) in [5, 5.41) is 9.75. The molecule has 0 aromatic heterocycles. The van der Waals surface area contributed by atoms with Crippen LogP contribution in [0.1, 0.15) is 5.56 Å². The van der Waals surface area contributed by atoms with Gasteiger partial charge in [-0.3, -0.25) is 0 Å². The fraction of sp³-hybridized carbons (Fsp3) is 0.143. The maximum atomic E-state index is 12.7. The molecule has 5 heteroatoms. The van der Waals surface area contributed by atoms with Crippen LogP contribution in [0.2, 0.25) is 0 Å². The van der Waals surface area contributed by atoms with Gasteiger partial charge in [0.1, 0.15) is 11.5 Å². The Balaban J connectivity index is 2.61. The van der Waals surface area contributed by atoms with E-state index in [9.17, 15) is 18.3 Å². The number of methoxy groups -OCH3 is 1. The highest BCUT2D eigenvalue weighted by Crippen LogP contribution is 2.39. The topological polar surface area (TPSA) is 29.5 Å². The smallest absolute Gasteiger partial charge is 0.416 e. The van der Waals surface area contributed by atoms with E-state index in [4.69, 9.17) is 4.74 Å². The minimum Gasteiger partial charge on any atom is -0.507 e. The fourth-order valence-electron chi connectivity index (χ4n) is 1.80. The van der Waals surface area contributed by atoms with Crippen LogP contribution >= 0.6 is 0 Å². The van der Waals surface area contributed by atoms with Gasteiger partial charge in [0.2, 0.25) is 0 Å². The van der Waals surface area contributed by atoms with Crippen molar-refractivity contribution >= 4 is 0 Å². The van der Waals surface area contributed by atoms with Gasteiger partial charge in [-0.15, -0.1) is 0 Å². The van der Waals surface area contributed by atoms with Gasteiger partial charge in [-0.05, 0) is 24.3 Å². The minimum absolute atomic E-state index is 0.0901. The fourth-order valence-corrected chi connectivity index (χ4v) is 1.80. The Labute approximate surface area is 108 Å². The molecule has 0 aliphatic carbocycles. The number of benzene rings is 2. The van der Waals surface area contributed by atoms with Gasteiger partial charge in [-0.25, -0.2) is 0 Å². The Bertz CT molecular complexity index is 591. The molecule has 0 saturated carbocycles. The molecule has 100 valence electrons. The van der Waals surface area contributed by atoms with Crippen molar-refractivity contribution in [3.63, 3.8) is 0 Å². The second kappa shape index (κ2) is 4.84. The van der Waals surface area contributed by atoms with Gasteiger partial charge < -0.3 is 9.84 Å². The zero-order valence-corrected chi connectivity index (χ0v) is 10.0. The monoisotopic (exact) mass is 268 g/mol. The third kappa shape index (κ3) is 2.65. The molecule has 2 aromatic carbocycles. The third-order valence-electron chi connectivity index (χ3n) is 2.72. The Morgan fingerprint density at radius 1 is 1.00 bits per heavy atom. The highest BCUT2D eigenvalue weighted by Gasteiger charge is 2.31. The number of ether oxygens (including phenoxy) is 1. The van der Waals surface area contributed by atoms with E-state index >= 15 is 0 Å². The quantitative estimate of drug-likeness (QED) is 0.889. The molecule has 0 bridgehead atoms. The number of aromatic hydroxyl groups is 1. The van der Waals surface area contributed by atoms with Crippen molar-refractivity contribution in [1.29, 1.82) is 0 Å². The van der Waals surface area contributed by atoms with E-state index in [0.717, 1.165) is 18.2 Å². The number of hydrogen-bond acceptors (Lipinski definition) is 2. The van der Waals surface area contributed by atoms with Crippen molar-refractivity contribution in [3.05, 3.63) is 48.0 Å². The van der Waals surface area contributed by atoms with Gasteiger partial charge in [0.15, 0.2) is 0 Å². The minimum atomic E-state index is -4.45. The van der Waals surface area contributed by atoms with Gasteiger partial charge >= 0.3 is 6.18 Å². The van der Waals surface area contributed by atoms with Crippen molar-refractivity contribution in [2.75, 3.05) is 7.11 Å². The van der Waals surface area contributed by atoms with E-state index in [2.05, 4.69) is 0 Å². The summed E-state index contributed by atoms with van der Waals surface area (Å²) in [4.78, 5) is 0. The maximum Gasteiger partial charge on any atom is 0.416 e. The average molecular weight is 268 g/mol. The van der Waals surface area contributed by atoms with Gasteiger partial charge in [0.05, 0.1) is 12.7 Å². The molecule has 0 saturated heterocycles. The summed E-state index contributed by atoms with van der Waals surface area (Å²) in [6.45, 7) is 0. The molecule has 1 N–H and O–H groups in total. The molecular formula is C14H11F3O2. The molecule has 0 aliphatic heterocycles. The van der Waals surface area contributed by atoms with Gasteiger partial charge in [0.25, 0.3) is 0 Å². The number of phenolic OH excluding ortho intramolecular Hbond substituents is 1.